The average molecular weight is 354 g/mol. The maximum atomic E-state index is 12.3. The molecule has 0 aromatic heterocycles. The first-order valence-electron chi connectivity index (χ1n) is 8.68. The van der Waals surface area contributed by atoms with Gasteiger partial charge < -0.3 is 9.84 Å². The van der Waals surface area contributed by atoms with Gasteiger partial charge in [-0.2, -0.15) is 0 Å². The van der Waals surface area contributed by atoms with E-state index in [0.29, 0.717) is 29.7 Å². The summed E-state index contributed by atoms with van der Waals surface area (Å²) in [6, 6.07) is 15.5. The number of ketones is 1. The number of carboxylic acid groups (broad SMARTS) is 1. The molecule has 5 heteroatoms. The third-order valence-electron chi connectivity index (χ3n) is 3.91. The number of carboxylic acids is 1. The molecule has 136 valence electrons. The van der Waals surface area contributed by atoms with E-state index >= 15 is 0 Å². The van der Waals surface area contributed by atoms with Crippen molar-refractivity contribution in [2.45, 2.75) is 38.5 Å². The fraction of sp³-hybridized carbons (Fsp3) is 0.286. The summed E-state index contributed by atoms with van der Waals surface area (Å²) in [4.78, 5) is 34.5. The fourth-order valence-electron chi connectivity index (χ4n) is 2.51. The summed E-state index contributed by atoms with van der Waals surface area (Å²) < 4.78 is 5.26. The molecule has 0 fully saturated rings. The molecular weight excluding hydrogens is 332 g/mol. The SMILES string of the molecule is O=C(O)CCCCCCC(=O)Oc1ccc(C(=O)c2ccccc2)cc1. The van der Waals surface area contributed by atoms with Crippen molar-refractivity contribution in [1.82, 2.24) is 0 Å². The molecule has 0 saturated carbocycles. The predicted octanol–water partition coefficient (Wildman–Crippen LogP) is 4.25. The molecule has 0 unspecified atom stereocenters. The quantitative estimate of drug-likeness (QED) is 0.299. The van der Waals surface area contributed by atoms with Crippen LogP contribution in [0.15, 0.2) is 54.6 Å². The Morgan fingerprint density at radius 1 is 0.731 bits per heavy atom. The normalized spacial score (nSPS) is 10.3. The van der Waals surface area contributed by atoms with Gasteiger partial charge in [-0.05, 0) is 37.1 Å². The van der Waals surface area contributed by atoms with E-state index in [1.165, 1.54) is 0 Å². The molecule has 0 spiro atoms. The molecule has 26 heavy (non-hydrogen) atoms. The highest BCUT2D eigenvalue weighted by Gasteiger charge is 2.10. The maximum absolute atomic E-state index is 12.3. The van der Waals surface area contributed by atoms with Gasteiger partial charge in [0, 0.05) is 24.0 Å². The highest BCUT2D eigenvalue weighted by atomic mass is 16.5. The van der Waals surface area contributed by atoms with Crippen molar-refractivity contribution in [3.8, 4) is 5.75 Å². The molecular formula is C21H22O5. The van der Waals surface area contributed by atoms with Crippen LogP contribution in [0.3, 0.4) is 0 Å². The zero-order chi connectivity index (χ0) is 18.8. The van der Waals surface area contributed by atoms with Crippen molar-refractivity contribution in [3.05, 3.63) is 65.7 Å². The van der Waals surface area contributed by atoms with Gasteiger partial charge >= 0.3 is 11.9 Å². The molecule has 0 saturated heterocycles. The number of carbonyl (C=O) groups is 3. The third-order valence-corrected chi connectivity index (χ3v) is 3.91. The average Bonchev–Trinajstić information content (AvgIpc) is 2.65. The first-order chi connectivity index (χ1) is 12.6. The van der Waals surface area contributed by atoms with Gasteiger partial charge in [-0.25, -0.2) is 0 Å². The lowest BCUT2D eigenvalue weighted by Gasteiger charge is -2.06. The highest BCUT2D eigenvalue weighted by molar-refractivity contribution is 6.09. The summed E-state index contributed by atoms with van der Waals surface area (Å²) >= 11 is 0. The first-order valence-corrected chi connectivity index (χ1v) is 8.68. The third kappa shape index (κ3) is 6.51. The second-order valence-electron chi connectivity index (χ2n) is 6.00. The minimum atomic E-state index is -0.793. The van der Waals surface area contributed by atoms with Gasteiger partial charge in [-0.1, -0.05) is 43.2 Å². The van der Waals surface area contributed by atoms with E-state index in [4.69, 9.17) is 9.84 Å². The largest absolute Gasteiger partial charge is 0.481 e. The number of rotatable bonds is 10. The summed E-state index contributed by atoms with van der Waals surface area (Å²) in [7, 11) is 0. The summed E-state index contributed by atoms with van der Waals surface area (Å²) in [6.07, 6.45) is 3.34. The Labute approximate surface area is 152 Å². The van der Waals surface area contributed by atoms with E-state index in [1.54, 1.807) is 36.4 Å². The van der Waals surface area contributed by atoms with E-state index in [-0.39, 0.29) is 24.6 Å². The zero-order valence-corrected chi connectivity index (χ0v) is 14.5. The second kappa shape index (κ2) is 10.1. The standard InChI is InChI=1S/C21H22O5/c22-19(23)10-6-1-2-7-11-20(24)26-18-14-12-17(13-15-18)21(25)16-8-4-3-5-9-16/h3-5,8-9,12-15H,1-2,6-7,10-11H2,(H,22,23). The van der Waals surface area contributed by atoms with Crippen molar-refractivity contribution in [3.63, 3.8) is 0 Å². The Bertz CT molecular complexity index is 735. The van der Waals surface area contributed by atoms with Crippen LogP contribution in [0.4, 0.5) is 0 Å². The fourth-order valence-corrected chi connectivity index (χ4v) is 2.51. The van der Waals surface area contributed by atoms with Gasteiger partial charge in [0.2, 0.25) is 0 Å². The zero-order valence-electron chi connectivity index (χ0n) is 14.5. The number of ether oxygens (including phenoxy) is 1. The number of carbonyl (C=O) groups excluding carboxylic acids is 2. The molecule has 0 aliphatic rings. The minimum absolute atomic E-state index is 0.0789. The molecule has 2 rings (SSSR count). The Morgan fingerprint density at radius 2 is 1.31 bits per heavy atom. The number of benzene rings is 2. The lowest BCUT2D eigenvalue weighted by atomic mass is 10.0. The van der Waals surface area contributed by atoms with Crippen molar-refractivity contribution in [2.24, 2.45) is 0 Å². The molecule has 0 heterocycles. The Balaban J connectivity index is 1.75. The number of esters is 1. The summed E-state index contributed by atoms with van der Waals surface area (Å²) in [5.74, 6) is -0.792. The number of aliphatic carboxylic acids is 1. The van der Waals surface area contributed by atoms with E-state index in [9.17, 15) is 14.4 Å². The second-order valence-corrected chi connectivity index (χ2v) is 6.00. The molecule has 5 nitrogen and oxygen atoms in total. The molecule has 0 aliphatic heterocycles. The summed E-state index contributed by atoms with van der Waals surface area (Å²) in [6.45, 7) is 0. The van der Waals surface area contributed by atoms with Gasteiger partial charge in [-0.15, -0.1) is 0 Å². The Morgan fingerprint density at radius 3 is 1.92 bits per heavy atom. The number of hydrogen-bond acceptors (Lipinski definition) is 4. The van der Waals surface area contributed by atoms with Gasteiger partial charge in [-0.3, -0.25) is 14.4 Å². The topological polar surface area (TPSA) is 80.7 Å². The van der Waals surface area contributed by atoms with Crippen LogP contribution in [0.2, 0.25) is 0 Å². The Kier molecular flexibility index (Phi) is 7.55. The monoisotopic (exact) mass is 354 g/mol. The van der Waals surface area contributed by atoms with Crippen LogP contribution in [0.5, 0.6) is 5.75 Å². The highest BCUT2D eigenvalue weighted by Crippen LogP contribution is 2.16. The van der Waals surface area contributed by atoms with Crippen molar-refractivity contribution in [2.75, 3.05) is 0 Å². The van der Waals surface area contributed by atoms with Gasteiger partial charge in [0.1, 0.15) is 5.75 Å². The molecule has 0 aliphatic carbocycles. The van der Waals surface area contributed by atoms with E-state index in [2.05, 4.69) is 0 Å². The lowest BCUT2D eigenvalue weighted by Crippen LogP contribution is -2.08. The Hall–Kier alpha value is -2.95. The first kappa shape index (κ1) is 19.4. The molecule has 0 amide bonds. The van der Waals surface area contributed by atoms with Crippen LogP contribution in [0, 0.1) is 0 Å². The van der Waals surface area contributed by atoms with Gasteiger partial charge in [0.05, 0.1) is 0 Å². The van der Waals surface area contributed by atoms with Crippen LogP contribution in [0.1, 0.15) is 54.4 Å². The molecule has 0 atom stereocenters. The number of unbranched alkanes of at least 4 members (excludes halogenated alkanes) is 3. The van der Waals surface area contributed by atoms with Crippen molar-refractivity contribution in [1.29, 1.82) is 0 Å². The van der Waals surface area contributed by atoms with Crippen LogP contribution in [-0.4, -0.2) is 22.8 Å². The molecule has 1 N–H and O–H groups in total. The van der Waals surface area contributed by atoms with Crippen molar-refractivity contribution < 1.29 is 24.2 Å². The molecule has 2 aromatic carbocycles. The minimum Gasteiger partial charge on any atom is -0.481 e. The maximum Gasteiger partial charge on any atom is 0.311 e. The van der Waals surface area contributed by atoms with Crippen molar-refractivity contribution >= 4 is 17.7 Å². The van der Waals surface area contributed by atoms with Crippen LogP contribution >= 0.6 is 0 Å². The van der Waals surface area contributed by atoms with Crippen LogP contribution in [-0.2, 0) is 9.59 Å². The van der Waals surface area contributed by atoms with Gasteiger partial charge in [0.15, 0.2) is 5.78 Å². The summed E-state index contributed by atoms with van der Waals surface area (Å²) in [5, 5.41) is 8.55. The molecule has 0 radical (unpaired) electrons. The van der Waals surface area contributed by atoms with E-state index < -0.39 is 5.97 Å². The predicted molar refractivity (Wildman–Crippen MR) is 97.3 cm³/mol. The van der Waals surface area contributed by atoms with E-state index in [0.717, 1.165) is 12.8 Å². The molecule has 2 aromatic rings. The van der Waals surface area contributed by atoms with Crippen LogP contribution < -0.4 is 4.74 Å². The smallest absolute Gasteiger partial charge is 0.311 e. The molecule has 0 bridgehead atoms. The van der Waals surface area contributed by atoms with Crippen LogP contribution in [0.25, 0.3) is 0 Å². The van der Waals surface area contributed by atoms with E-state index in [1.807, 2.05) is 18.2 Å². The van der Waals surface area contributed by atoms with Gasteiger partial charge in [0.25, 0.3) is 0 Å². The lowest BCUT2D eigenvalue weighted by molar-refractivity contribution is -0.137. The summed E-state index contributed by atoms with van der Waals surface area (Å²) in [5.41, 5.74) is 1.15. The number of hydrogen-bond donors (Lipinski definition) is 1.